The van der Waals surface area contributed by atoms with Gasteiger partial charge in [-0.2, -0.15) is 0 Å². The fourth-order valence-electron chi connectivity index (χ4n) is 4.09. The van der Waals surface area contributed by atoms with E-state index in [1.165, 1.54) is 67.0 Å². The summed E-state index contributed by atoms with van der Waals surface area (Å²) in [4.78, 5) is 0. The van der Waals surface area contributed by atoms with Crippen LogP contribution in [0.25, 0.3) is 10.9 Å². The van der Waals surface area contributed by atoms with E-state index in [9.17, 15) is 0 Å². The van der Waals surface area contributed by atoms with Crippen molar-refractivity contribution in [2.45, 2.75) is 32.2 Å². The molecule has 0 bridgehead atoms. The highest BCUT2D eigenvalue weighted by Crippen LogP contribution is 2.26. The molecular weight excluding hydrogens is 412 g/mol. The average Bonchev–Trinajstić information content (AvgIpc) is 3.25. The molecule has 1 aliphatic heterocycles. The first-order chi connectivity index (χ1) is 15.8. The maximum Gasteiger partial charge on any atom is 0.0480 e. The van der Waals surface area contributed by atoms with E-state index in [2.05, 4.69) is 88.2 Å². The number of hydrogen-bond acceptors (Lipinski definition) is 4. The summed E-state index contributed by atoms with van der Waals surface area (Å²) in [6.45, 7) is 3.52. The number of nitrogens with zero attached hydrogens (tertiary/aromatic N) is 2. The normalized spacial score (nSPS) is 14.1. The van der Waals surface area contributed by atoms with E-state index in [4.69, 9.17) is 5.41 Å². The van der Waals surface area contributed by atoms with Crippen molar-refractivity contribution in [3.05, 3.63) is 71.9 Å². The second kappa shape index (κ2) is 14.5. The molecule has 0 unspecified atom stereocenters. The molecule has 170 valence electrons. The molecule has 1 fully saturated rings. The zero-order chi connectivity index (χ0) is 23.2. The number of nitrogens with one attached hydrogen (secondary N) is 1. The van der Waals surface area contributed by atoms with Gasteiger partial charge in [-0.1, -0.05) is 48.3 Å². The Morgan fingerprint density at radius 1 is 1.03 bits per heavy atom. The van der Waals surface area contributed by atoms with Gasteiger partial charge >= 0.3 is 0 Å². The maximum atomic E-state index is 7.29. The number of aromatic nitrogens is 1. The lowest BCUT2D eigenvalue weighted by atomic mass is 9.98. The number of piperidine rings is 1. The third kappa shape index (κ3) is 7.56. The Bertz CT molecular complexity index is 940. The fraction of sp³-hybridized carbons (Fsp3) is 0.370. The molecule has 0 atom stereocenters. The van der Waals surface area contributed by atoms with E-state index in [1.54, 1.807) is 0 Å². The zero-order valence-corrected chi connectivity index (χ0v) is 19.9. The number of terminal acetylenes is 1. The van der Waals surface area contributed by atoms with Crippen LogP contribution in [0, 0.1) is 24.2 Å². The molecule has 2 aromatic carbocycles. The molecule has 3 N–H and O–H groups in total. The van der Waals surface area contributed by atoms with Crippen LogP contribution in [0.4, 0.5) is 0 Å². The van der Waals surface area contributed by atoms with Crippen molar-refractivity contribution in [1.29, 1.82) is 5.41 Å². The number of aryl methyl sites for hydroxylation is 1. The summed E-state index contributed by atoms with van der Waals surface area (Å²) in [5, 5.41) is 8.59. The molecule has 0 aliphatic carbocycles. The molecule has 32 heavy (non-hydrogen) atoms. The molecule has 0 spiro atoms. The van der Waals surface area contributed by atoms with E-state index in [0.717, 1.165) is 25.3 Å². The SMILES string of the molecule is C#C.CN.N=CCc1ccc2c(ccn2CC2CCN(SCCc3ccccc3)CC2)c1. The van der Waals surface area contributed by atoms with Crippen molar-refractivity contribution >= 4 is 29.1 Å². The van der Waals surface area contributed by atoms with Crippen LogP contribution in [0.15, 0.2) is 60.8 Å². The Labute approximate surface area is 197 Å². The Kier molecular flexibility index (Phi) is 11.7. The zero-order valence-electron chi connectivity index (χ0n) is 19.1. The van der Waals surface area contributed by atoms with Crippen molar-refractivity contribution in [3.8, 4) is 12.8 Å². The van der Waals surface area contributed by atoms with Gasteiger partial charge in [0.15, 0.2) is 0 Å². The van der Waals surface area contributed by atoms with Gasteiger partial charge < -0.3 is 15.7 Å². The highest BCUT2D eigenvalue weighted by atomic mass is 32.2. The number of hydrogen-bond donors (Lipinski definition) is 2. The van der Waals surface area contributed by atoms with Crippen molar-refractivity contribution in [2.24, 2.45) is 11.7 Å². The molecule has 4 nitrogen and oxygen atoms in total. The predicted molar refractivity (Wildman–Crippen MR) is 141 cm³/mol. The van der Waals surface area contributed by atoms with E-state index in [0.29, 0.717) is 0 Å². The molecule has 1 saturated heterocycles. The second-order valence-electron chi connectivity index (χ2n) is 7.71. The van der Waals surface area contributed by atoms with Crippen LogP contribution in [0.2, 0.25) is 0 Å². The fourth-order valence-corrected chi connectivity index (χ4v) is 5.14. The van der Waals surface area contributed by atoms with Crippen LogP contribution in [-0.2, 0) is 19.4 Å². The Balaban J connectivity index is 0.000000860. The summed E-state index contributed by atoms with van der Waals surface area (Å²) in [6, 6.07) is 19.6. The molecule has 0 saturated carbocycles. The Hall–Kier alpha value is -2.52. The maximum absolute atomic E-state index is 7.29. The van der Waals surface area contributed by atoms with E-state index in [-0.39, 0.29) is 0 Å². The lowest BCUT2D eigenvalue weighted by molar-refractivity contribution is 0.269. The molecule has 0 radical (unpaired) electrons. The summed E-state index contributed by atoms with van der Waals surface area (Å²) < 4.78 is 4.99. The van der Waals surface area contributed by atoms with Gasteiger partial charge in [0, 0.05) is 43.5 Å². The first-order valence-electron chi connectivity index (χ1n) is 11.2. The van der Waals surface area contributed by atoms with E-state index >= 15 is 0 Å². The number of rotatable bonds is 8. The lowest BCUT2D eigenvalue weighted by Gasteiger charge is -2.31. The molecule has 0 amide bonds. The Morgan fingerprint density at radius 3 is 2.44 bits per heavy atom. The van der Waals surface area contributed by atoms with Crippen molar-refractivity contribution < 1.29 is 0 Å². The average molecular weight is 449 g/mol. The van der Waals surface area contributed by atoms with Crippen LogP contribution in [0.3, 0.4) is 0 Å². The van der Waals surface area contributed by atoms with Crippen molar-refractivity contribution in [1.82, 2.24) is 8.87 Å². The van der Waals surface area contributed by atoms with Crippen LogP contribution in [0.1, 0.15) is 24.0 Å². The van der Waals surface area contributed by atoms with Gasteiger partial charge in [-0.25, -0.2) is 0 Å². The molecule has 1 aromatic heterocycles. The number of nitrogens with two attached hydrogens (primary N) is 1. The van der Waals surface area contributed by atoms with Gasteiger partial charge in [0.25, 0.3) is 0 Å². The summed E-state index contributed by atoms with van der Waals surface area (Å²) in [5.74, 6) is 1.94. The number of fused-ring (bicyclic) bond motifs is 1. The van der Waals surface area contributed by atoms with Crippen LogP contribution in [0.5, 0.6) is 0 Å². The third-order valence-corrected chi connectivity index (χ3v) is 6.83. The molecule has 5 heteroatoms. The van der Waals surface area contributed by atoms with Crippen LogP contribution >= 0.6 is 11.9 Å². The van der Waals surface area contributed by atoms with Crippen molar-refractivity contribution in [2.75, 3.05) is 25.9 Å². The van der Waals surface area contributed by atoms with E-state index < -0.39 is 0 Å². The summed E-state index contributed by atoms with van der Waals surface area (Å²) in [7, 11) is 1.50. The molecule has 1 aliphatic rings. The minimum Gasteiger partial charge on any atom is -0.347 e. The lowest BCUT2D eigenvalue weighted by Crippen LogP contribution is -2.30. The largest absolute Gasteiger partial charge is 0.347 e. The first-order valence-corrected chi connectivity index (χ1v) is 12.2. The minimum atomic E-state index is 0.724. The van der Waals surface area contributed by atoms with Crippen molar-refractivity contribution in [3.63, 3.8) is 0 Å². The number of benzene rings is 2. The monoisotopic (exact) mass is 448 g/mol. The van der Waals surface area contributed by atoms with Gasteiger partial charge in [-0.3, -0.25) is 4.31 Å². The second-order valence-corrected chi connectivity index (χ2v) is 8.89. The molecule has 2 heterocycles. The Morgan fingerprint density at radius 2 is 1.75 bits per heavy atom. The standard InChI is InChI=1S/C24H29N3S.C2H2.CH5N/c25-13-8-21-6-7-24-23(18-21)11-14-26(24)19-22-9-15-27(16-10-22)28-17-12-20-4-2-1-3-5-20;2*1-2/h1-7,11,13-14,18,22,25H,8-10,12,15-17,19H2;1-2H;2H2,1H3. The summed E-state index contributed by atoms with van der Waals surface area (Å²) >= 11 is 2.02. The van der Waals surface area contributed by atoms with Gasteiger partial charge in [0.05, 0.1) is 0 Å². The van der Waals surface area contributed by atoms with Crippen LogP contribution < -0.4 is 5.73 Å². The first kappa shape index (κ1) is 25.7. The highest BCUT2D eigenvalue weighted by Gasteiger charge is 2.20. The topological polar surface area (TPSA) is 58.0 Å². The quantitative estimate of drug-likeness (QED) is 0.281. The van der Waals surface area contributed by atoms with Gasteiger partial charge in [-0.05, 0) is 73.2 Å². The van der Waals surface area contributed by atoms with Crippen LogP contribution in [-0.4, -0.2) is 41.0 Å². The third-order valence-electron chi connectivity index (χ3n) is 5.71. The van der Waals surface area contributed by atoms with E-state index in [1.807, 2.05) is 11.9 Å². The summed E-state index contributed by atoms with van der Waals surface area (Å²) in [5.41, 5.74) is 8.49. The van der Waals surface area contributed by atoms with Gasteiger partial charge in [0.2, 0.25) is 0 Å². The molecular formula is C27H36N4S. The minimum absolute atomic E-state index is 0.724. The molecule has 3 aromatic rings. The molecule has 4 rings (SSSR count). The summed E-state index contributed by atoms with van der Waals surface area (Å²) in [6.07, 6.45) is 16.2. The predicted octanol–water partition coefficient (Wildman–Crippen LogP) is 5.26. The van der Waals surface area contributed by atoms with Gasteiger partial charge in [-0.15, -0.1) is 12.8 Å². The highest BCUT2D eigenvalue weighted by molar-refractivity contribution is 7.97. The smallest absolute Gasteiger partial charge is 0.0480 e. The van der Waals surface area contributed by atoms with Gasteiger partial charge in [0.1, 0.15) is 0 Å².